The number of hydrogen-bond donors (Lipinski definition) is 0. The smallest absolute Gasteiger partial charge is 0.293 e. The summed E-state index contributed by atoms with van der Waals surface area (Å²) in [6.45, 7) is 2.73. The van der Waals surface area contributed by atoms with Crippen LogP contribution >= 0.6 is 23.4 Å². The van der Waals surface area contributed by atoms with Gasteiger partial charge in [0.05, 0.1) is 11.4 Å². The minimum atomic E-state index is -0.480. The Hall–Kier alpha value is -3.29. The summed E-state index contributed by atoms with van der Waals surface area (Å²) in [6, 6.07) is 18.9. The third-order valence-corrected chi connectivity index (χ3v) is 6.27. The van der Waals surface area contributed by atoms with Crippen molar-refractivity contribution in [3.63, 3.8) is 0 Å². The van der Waals surface area contributed by atoms with Gasteiger partial charge in [0, 0.05) is 5.02 Å². The van der Waals surface area contributed by atoms with Crippen LogP contribution in [0.15, 0.2) is 71.6 Å². The summed E-state index contributed by atoms with van der Waals surface area (Å²) in [5.74, 6) is 0.499. The van der Waals surface area contributed by atoms with Gasteiger partial charge in [-0.3, -0.25) is 14.5 Å². The maximum absolute atomic E-state index is 13.3. The van der Waals surface area contributed by atoms with E-state index < -0.39 is 17.0 Å². The molecule has 0 N–H and O–H groups in total. The molecule has 1 heterocycles. The zero-order chi connectivity index (χ0) is 24.1. The molecule has 0 bridgehead atoms. The molecule has 8 heteroatoms. The van der Waals surface area contributed by atoms with Crippen LogP contribution in [0.25, 0.3) is 6.08 Å². The van der Waals surface area contributed by atoms with Crippen molar-refractivity contribution in [3.05, 3.63) is 99.2 Å². The molecule has 2 amide bonds. The van der Waals surface area contributed by atoms with Gasteiger partial charge >= 0.3 is 0 Å². The standard InChI is InChI=1S/C26H21ClFNO4S/c1-17-5-9-21(10-6-17)32-11-12-33-22-4-2-3-18(13-22)14-24-25(30)29(26(31)34-24)16-19-7-8-20(28)15-23(19)27/h2-10,13-15H,11-12,16H2,1H3/b24-14-. The van der Waals surface area contributed by atoms with Crippen molar-refractivity contribution in [2.24, 2.45) is 0 Å². The quantitative estimate of drug-likeness (QED) is 0.263. The summed E-state index contributed by atoms with van der Waals surface area (Å²) in [6.07, 6.45) is 1.65. The molecular formula is C26H21ClFNO4S. The summed E-state index contributed by atoms with van der Waals surface area (Å²) in [7, 11) is 0. The molecule has 3 aromatic rings. The monoisotopic (exact) mass is 497 g/mol. The Labute approximate surface area is 206 Å². The van der Waals surface area contributed by atoms with Crippen molar-refractivity contribution >= 4 is 40.6 Å². The van der Waals surface area contributed by atoms with Crippen LogP contribution in [0.1, 0.15) is 16.7 Å². The van der Waals surface area contributed by atoms with Gasteiger partial charge in [0.15, 0.2) is 0 Å². The van der Waals surface area contributed by atoms with E-state index in [1.54, 1.807) is 12.1 Å². The van der Waals surface area contributed by atoms with E-state index in [4.69, 9.17) is 21.1 Å². The number of rotatable bonds is 8. The van der Waals surface area contributed by atoms with Crippen LogP contribution in [0.3, 0.4) is 0 Å². The third kappa shape index (κ3) is 5.98. The summed E-state index contributed by atoms with van der Waals surface area (Å²) in [5, 5.41) is -0.239. The van der Waals surface area contributed by atoms with Gasteiger partial charge in [-0.15, -0.1) is 0 Å². The molecule has 34 heavy (non-hydrogen) atoms. The Bertz CT molecular complexity index is 1250. The number of ether oxygens (including phenoxy) is 2. The lowest BCUT2D eigenvalue weighted by Crippen LogP contribution is -2.27. The van der Waals surface area contributed by atoms with Crippen molar-refractivity contribution in [3.8, 4) is 11.5 Å². The molecule has 3 aromatic carbocycles. The van der Waals surface area contributed by atoms with E-state index in [1.807, 2.05) is 49.4 Å². The van der Waals surface area contributed by atoms with Crippen LogP contribution < -0.4 is 9.47 Å². The van der Waals surface area contributed by atoms with E-state index in [9.17, 15) is 14.0 Å². The van der Waals surface area contributed by atoms with Gasteiger partial charge in [-0.2, -0.15) is 0 Å². The lowest BCUT2D eigenvalue weighted by Gasteiger charge is -2.13. The zero-order valence-electron chi connectivity index (χ0n) is 18.3. The first-order valence-corrected chi connectivity index (χ1v) is 11.7. The SMILES string of the molecule is Cc1ccc(OCCOc2cccc(/C=C3\SC(=O)N(Cc4ccc(F)cc4Cl)C3=O)c2)cc1. The highest BCUT2D eigenvalue weighted by atomic mass is 35.5. The number of aryl methyl sites for hydroxylation is 1. The Morgan fingerprint density at radius 3 is 2.44 bits per heavy atom. The van der Waals surface area contributed by atoms with E-state index in [1.165, 1.54) is 12.1 Å². The molecule has 1 saturated heterocycles. The van der Waals surface area contributed by atoms with Crippen molar-refractivity contribution in [1.29, 1.82) is 0 Å². The van der Waals surface area contributed by atoms with Gasteiger partial charge in [-0.1, -0.05) is 47.5 Å². The third-order valence-electron chi connectivity index (χ3n) is 5.01. The van der Waals surface area contributed by atoms with Crippen molar-refractivity contribution in [1.82, 2.24) is 4.90 Å². The number of thioether (sulfide) groups is 1. The molecule has 1 aliphatic rings. The van der Waals surface area contributed by atoms with E-state index in [0.717, 1.165) is 39.6 Å². The van der Waals surface area contributed by atoms with Crippen LogP contribution in [0, 0.1) is 12.7 Å². The van der Waals surface area contributed by atoms with Gasteiger partial charge < -0.3 is 9.47 Å². The van der Waals surface area contributed by atoms with Gasteiger partial charge in [0.1, 0.15) is 30.5 Å². The fourth-order valence-electron chi connectivity index (χ4n) is 3.26. The largest absolute Gasteiger partial charge is 0.490 e. The first-order valence-electron chi connectivity index (χ1n) is 10.5. The van der Waals surface area contributed by atoms with Gasteiger partial charge in [-0.25, -0.2) is 4.39 Å². The van der Waals surface area contributed by atoms with Crippen LogP contribution in [0.2, 0.25) is 5.02 Å². The predicted octanol–water partition coefficient (Wildman–Crippen LogP) is 6.48. The summed E-state index contributed by atoms with van der Waals surface area (Å²) < 4.78 is 24.7. The number of imide groups is 1. The first kappa shape index (κ1) is 23.9. The summed E-state index contributed by atoms with van der Waals surface area (Å²) in [4.78, 5) is 26.6. The Balaban J connectivity index is 1.36. The average Bonchev–Trinajstić information content (AvgIpc) is 3.07. The van der Waals surface area contributed by atoms with Crippen LogP contribution in [-0.2, 0) is 11.3 Å². The Kier molecular flexibility index (Phi) is 7.55. The Morgan fingerprint density at radius 1 is 0.971 bits per heavy atom. The number of carbonyl (C=O) groups is 2. The number of amides is 2. The molecule has 1 fully saturated rings. The summed E-state index contributed by atoms with van der Waals surface area (Å²) in [5.41, 5.74) is 2.38. The molecule has 174 valence electrons. The molecule has 0 atom stereocenters. The second-order valence-corrected chi connectivity index (χ2v) is 8.99. The van der Waals surface area contributed by atoms with Crippen LogP contribution in [0.4, 0.5) is 9.18 Å². The van der Waals surface area contributed by atoms with E-state index in [0.29, 0.717) is 29.4 Å². The Morgan fingerprint density at radius 2 is 1.71 bits per heavy atom. The number of nitrogens with zero attached hydrogens (tertiary/aromatic N) is 1. The van der Waals surface area contributed by atoms with Crippen LogP contribution in [0.5, 0.6) is 11.5 Å². The van der Waals surface area contributed by atoms with E-state index in [2.05, 4.69) is 0 Å². The molecule has 0 radical (unpaired) electrons. The minimum absolute atomic E-state index is 0.0226. The fraction of sp³-hybridized carbons (Fsp3) is 0.154. The molecule has 1 aliphatic heterocycles. The normalized spacial score (nSPS) is 14.7. The number of halogens is 2. The number of carbonyl (C=O) groups excluding carboxylic acids is 2. The van der Waals surface area contributed by atoms with Crippen LogP contribution in [-0.4, -0.2) is 29.3 Å². The first-order chi connectivity index (χ1) is 16.4. The van der Waals surface area contributed by atoms with Gasteiger partial charge in [0.25, 0.3) is 11.1 Å². The highest BCUT2D eigenvalue weighted by Crippen LogP contribution is 2.34. The lowest BCUT2D eigenvalue weighted by atomic mass is 10.2. The topological polar surface area (TPSA) is 55.8 Å². The van der Waals surface area contributed by atoms with Crippen molar-refractivity contribution in [2.45, 2.75) is 13.5 Å². The lowest BCUT2D eigenvalue weighted by molar-refractivity contribution is -0.123. The van der Waals surface area contributed by atoms with E-state index >= 15 is 0 Å². The predicted molar refractivity (Wildman–Crippen MR) is 132 cm³/mol. The maximum atomic E-state index is 13.3. The highest BCUT2D eigenvalue weighted by Gasteiger charge is 2.35. The summed E-state index contributed by atoms with van der Waals surface area (Å²) >= 11 is 6.90. The number of hydrogen-bond acceptors (Lipinski definition) is 5. The average molecular weight is 498 g/mol. The second kappa shape index (κ2) is 10.8. The molecule has 0 unspecified atom stereocenters. The minimum Gasteiger partial charge on any atom is -0.490 e. The molecule has 0 spiro atoms. The maximum Gasteiger partial charge on any atom is 0.293 e. The molecular weight excluding hydrogens is 477 g/mol. The fourth-order valence-corrected chi connectivity index (χ4v) is 4.32. The zero-order valence-corrected chi connectivity index (χ0v) is 19.9. The molecule has 0 aliphatic carbocycles. The molecule has 0 saturated carbocycles. The molecule has 4 rings (SSSR count). The molecule has 5 nitrogen and oxygen atoms in total. The van der Waals surface area contributed by atoms with Crippen molar-refractivity contribution in [2.75, 3.05) is 13.2 Å². The van der Waals surface area contributed by atoms with E-state index in [-0.39, 0.29) is 11.6 Å². The van der Waals surface area contributed by atoms with Gasteiger partial charge in [0.2, 0.25) is 0 Å². The van der Waals surface area contributed by atoms with Crippen molar-refractivity contribution < 1.29 is 23.5 Å². The second-order valence-electron chi connectivity index (χ2n) is 7.59. The number of benzene rings is 3. The highest BCUT2D eigenvalue weighted by molar-refractivity contribution is 8.18. The molecule has 0 aromatic heterocycles. The van der Waals surface area contributed by atoms with Gasteiger partial charge in [-0.05, 0) is 72.3 Å².